The van der Waals surface area contributed by atoms with Gasteiger partial charge in [-0.05, 0) is 42.7 Å². The topological polar surface area (TPSA) is 71.1 Å². The average Bonchev–Trinajstić information content (AvgIpc) is 3.48. The lowest BCUT2D eigenvalue weighted by molar-refractivity contribution is -0.124. The number of fused-ring (bicyclic) bond motifs is 1. The highest BCUT2D eigenvalue weighted by molar-refractivity contribution is 9.10. The number of halogens is 1. The molecule has 0 bridgehead atoms. The maximum atomic E-state index is 12.6. The first-order valence-electron chi connectivity index (χ1n) is 8.31. The lowest BCUT2D eigenvalue weighted by Crippen LogP contribution is -2.46. The molecule has 0 aliphatic heterocycles. The number of benzene rings is 2. The zero-order chi connectivity index (χ0) is 18.1. The van der Waals surface area contributed by atoms with Crippen molar-refractivity contribution in [3.8, 4) is 0 Å². The van der Waals surface area contributed by atoms with E-state index in [2.05, 4.69) is 31.8 Å². The van der Waals surface area contributed by atoms with Crippen LogP contribution in [0.3, 0.4) is 0 Å². The van der Waals surface area contributed by atoms with Gasteiger partial charge in [-0.2, -0.15) is 0 Å². The summed E-state index contributed by atoms with van der Waals surface area (Å²) in [5.74, 6) is -0.635. The lowest BCUT2D eigenvalue weighted by Gasteiger charge is -2.16. The maximum absolute atomic E-state index is 12.6. The summed E-state index contributed by atoms with van der Waals surface area (Å²) in [5, 5.41) is 0.959. The summed E-state index contributed by atoms with van der Waals surface area (Å²) in [4.78, 5) is 29.3. The second-order valence-electron chi connectivity index (χ2n) is 6.39. The van der Waals surface area contributed by atoms with Crippen molar-refractivity contribution in [3.05, 3.63) is 76.4 Å². The summed E-state index contributed by atoms with van der Waals surface area (Å²) < 4.78 is 0.966. The Bertz CT molecular complexity index is 997. The van der Waals surface area contributed by atoms with Gasteiger partial charge in [0.2, 0.25) is 5.91 Å². The summed E-state index contributed by atoms with van der Waals surface area (Å²) in [7, 11) is 0. The lowest BCUT2D eigenvalue weighted by atomic mass is 9.95. The smallest absolute Gasteiger partial charge is 0.272 e. The Labute approximate surface area is 158 Å². The first-order valence-corrected chi connectivity index (χ1v) is 9.10. The molecule has 1 heterocycles. The minimum Gasteiger partial charge on any atom is -0.272 e. The summed E-state index contributed by atoms with van der Waals surface area (Å²) >= 11 is 3.40. The molecule has 6 heteroatoms. The molecule has 4 rings (SSSR count). The van der Waals surface area contributed by atoms with Crippen LogP contribution in [0, 0.1) is 0 Å². The molecule has 0 unspecified atom stereocenters. The van der Waals surface area contributed by atoms with Crippen molar-refractivity contribution in [2.45, 2.75) is 18.3 Å². The van der Waals surface area contributed by atoms with Gasteiger partial charge in [0.1, 0.15) is 5.69 Å². The van der Waals surface area contributed by atoms with Crippen LogP contribution in [-0.4, -0.2) is 16.8 Å². The van der Waals surface area contributed by atoms with Gasteiger partial charge < -0.3 is 0 Å². The fraction of sp³-hybridized carbons (Fsp3) is 0.150. The first-order chi connectivity index (χ1) is 12.6. The summed E-state index contributed by atoms with van der Waals surface area (Å²) in [6.45, 7) is 0. The van der Waals surface area contributed by atoms with Gasteiger partial charge in [0.15, 0.2) is 0 Å². The number of hydrogen-bond donors (Lipinski definition) is 2. The van der Waals surface area contributed by atoms with Crippen LogP contribution in [0.2, 0.25) is 0 Å². The van der Waals surface area contributed by atoms with Gasteiger partial charge in [-0.3, -0.25) is 20.4 Å². The Kier molecular flexibility index (Phi) is 4.20. The number of carbonyl (C=O) groups excluding carboxylic acids is 2. The number of amides is 2. The van der Waals surface area contributed by atoms with Gasteiger partial charge in [-0.15, -0.1) is 0 Å². The molecule has 2 aromatic carbocycles. The normalized spacial score (nSPS) is 14.7. The van der Waals surface area contributed by atoms with Crippen molar-refractivity contribution in [2.24, 2.45) is 0 Å². The average molecular weight is 410 g/mol. The van der Waals surface area contributed by atoms with E-state index in [1.54, 1.807) is 6.07 Å². The van der Waals surface area contributed by atoms with E-state index in [1.165, 1.54) is 0 Å². The number of pyridine rings is 1. The molecule has 0 radical (unpaired) electrons. The highest BCUT2D eigenvalue weighted by Crippen LogP contribution is 2.48. The second-order valence-corrected chi connectivity index (χ2v) is 7.30. The van der Waals surface area contributed by atoms with Crippen molar-refractivity contribution < 1.29 is 9.59 Å². The van der Waals surface area contributed by atoms with Crippen LogP contribution in [0.15, 0.2) is 65.1 Å². The molecule has 2 amide bonds. The molecule has 1 aliphatic rings. The standard InChI is InChI=1S/C20H16BrN3O2/c21-15-8-6-14(7-9-15)20(11-12-20)19(26)24-23-18(25)17-10-5-13-3-1-2-4-16(13)22-17/h1-10H,11-12H2,(H,23,25)(H,24,26). The maximum Gasteiger partial charge on any atom is 0.288 e. The van der Waals surface area contributed by atoms with E-state index in [9.17, 15) is 9.59 Å². The Morgan fingerprint density at radius 2 is 1.65 bits per heavy atom. The molecule has 5 nitrogen and oxygen atoms in total. The molecule has 2 N–H and O–H groups in total. The van der Waals surface area contributed by atoms with Gasteiger partial charge >= 0.3 is 0 Å². The third-order valence-electron chi connectivity index (χ3n) is 4.70. The highest BCUT2D eigenvalue weighted by Gasteiger charge is 2.51. The molecule has 3 aromatic rings. The fourth-order valence-electron chi connectivity index (χ4n) is 3.03. The van der Waals surface area contributed by atoms with Crippen molar-refractivity contribution >= 4 is 38.6 Å². The third-order valence-corrected chi connectivity index (χ3v) is 5.23. The van der Waals surface area contributed by atoms with E-state index in [-0.39, 0.29) is 11.6 Å². The molecule has 1 aliphatic carbocycles. The van der Waals surface area contributed by atoms with Crippen LogP contribution < -0.4 is 10.9 Å². The van der Waals surface area contributed by atoms with Crippen molar-refractivity contribution in [3.63, 3.8) is 0 Å². The summed E-state index contributed by atoms with van der Waals surface area (Å²) in [6, 6.07) is 18.7. The molecular weight excluding hydrogens is 394 g/mol. The predicted molar refractivity (Wildman–Crippen MR) is 102 cm³/mol. The molecule has 0 atom stereocenters. The van der Waals surface area contributed by atoms with Crippen LogP contribution in [0.25, 0.3) is 10.9 Å². The molecule has 26 heavy (non-hydrogen) atoms. The first kappa shape index (κ1) is 16.7. The zero-order valence-electron chi connectivity index (χ0n) is 13.8. The van der Waals surface area contributed by atoms with E-state index in [1.807, 2.05) is 54.6 Å². The largest absolute Gasteiger partial charge is 0.288 e. The van der Waals surface area contributed by atoms with Crippen LogP contribution >= 0.6 is 15.9 Å². The van der Waals surface area contributed by atoms with Crippen molar-refractivity contribution in [1.29, 1.82) is 0 Å². The Hall–Kier alpha value is -2.73. The van der Waals surface area contributed by atoms with Crippen LogP contribution in [-0.2, 0) is 10.2 Å². The number of nitrogens with zero attached hydrogens (tertiary/aromatic N) is 1. The van der Waals surface area contributed by atoms with Crippen molar-refractivity contribution in [2.75, 3.05) is 0 Å². The minimum atomic E-state index is -0.551. The number of para-hydroxylation sites is 1. The monoisotopic (exact) mass is 409 g/mol. The Morgan fingerprint density at radius 3 is 2.38 bits per heavy atom. The van der Waals surface area contributed by atoms with E-state index in [4.69, 9.17) is 0 Å². The van der Waals surface area contributed by atoms with E-state index in [0.29, 0.717) is 0 Å². The SMILES string of the molecule is O=C(NNC(=O)C1(c2ccc(Br)cc2)CC1)c1ccc2ccccc2n1. The summed E-state index contributed by atoms with van der Waals surface area (Å²) in [5.41, 5.74) is 6.44. The number of nitrogens with one attached hydrogen (secondary N) is 2. The van der Waals surface area contributed by atoms with Gasteiger partial charge in [-0.1, -0.05) is 52.3 Å². The fourth-order valence-corrected chi connectivity index (χ4v) is 3.29. The molecule has 1 aromatic heterocycles. The van der Waals surface area contributed by atoms with Crippen molar-refractivity contribution in [1.82, 2.24) is 15.8 Å². The van der Waals surface area contributed by atoms with Gasteiger partial charge in [0.05, 0.1) is 10.9 Å². The number of aromatic nitrogens is 1. The van der Waals surface area contributed by atoms with Gasteiger partial charge in [0, 0.05) is 9.86 Å². The second kappa shape index (κ2) is 6.53. The number of hydrogen-bond acceptors (Lipinski definition) is 3. The number of rotatable bonds is 3. The van der Waals surface area contributed by atoms with Crippen LogP contribution in [0.1, 0.15) is 28.9 Å². The predicted octanol–water partition coefficient (Wildman–Crippen LogP) is 3.49. The Morgan fingerprint density at radius 1 is 0.923 bits per heavy atom. The van der Waals surface area contributed by atoms with Crippen LogP contribution in [0.4, 0.5) is 0 Å². The molecule has 130 valence electrons. The number of carbonyl (C=O) groups is 2. The molecular formula is C20H16BrN3O2. The van der Waals surface area contributed by atoms with Crippen LogP contribution in [0.5, 0.6) is 0 Å². The molecule has 1 saturated carbocycles. The number of hydrazine groups is 1. The van der Waals surface area contributed by atoms with E-state index in [0.717, 1.165) is 33.8 Å². The highest BCUT2D eigenvalue weighted by atomic mass is 79.9. The molecule has 0 saturated heterocycles. The summed E-state index contributed by atoms with van der Waals surface area (Å²) in [6.07, 6.45) is 1.54. The Balaban J connectivity index is 1.45. The molecule has 1 fully saturated rings. The van der Waals surface area contributed by atoms with Gasteiger partial charge in [0.25, 0.3) is 5.91 Å². The van der Waals surface area contributed by atoms with E-state index < -0.39 is 11.3 Å². The third kappa shape index (κ3) is 3.08. The zero-order valence-corrected chi connectivity index (χ0v) is 15.4. The van der Waals surface area contributed by atoms with Gasteiger partial charge in [-0.25, -0.2) is 4.98 Å². The quantitative estimate of drug-likeness (QED) is 0.650. The molecule has 0 spiro atoms. The van der Waals surface area contributed by atoms with E-state index >= 15 is 0 Å². The minimum absolute atomic E-state index is 0.200.